The van der Waals surface area contributed by atoms with Crippen molar-refractivity contribution in [1.29, 1.82) is 0 Å². The highest BCUT2D eigenvalue weighted by molar-refractivity contribution is 5.80. The number of fused-ring (bicyclic) bond motifs is 2. The monoisotopic (exact) mass is 263 g/mol. The Bertz CT molecular complexity index is 380. The third kappa shape index (κ3) is 2.09. The number of nitrogens with two attached hydrogens (primary N) is 1. The molecule has 4 rings (SSSR count). The molecule has 1 heterocycles. The molecule has 0 radical (unpaired) electrons. The van der Waals surface area contributed by atoms with Crippen LogP contribution in [0.5, 0.6) is 0 Å². The van der Waals surface area contributed by atoms with Crippen LogP contribution in [-0.4, -0.2) is 42.0 Å². The summed E-state index contributed by atoms with van der Waals surface area (Å²) >= 11 is 0. The van der Waals surface area contributed by atoms with Gasteiger partial charge in [0.25, 0.3) is 0 Å². The number of hydrogen-bond donors (Lipinski definition) is 2. The average Bonchev–Trinajstić information content (AvgIpc) is 2.84. The van der Waals surface area contributed by atoms with Crippen LogP contribution in [0, 0.1) is 17.8 Å². The molecule has 1 aliphatic heterocycles. The van der Waals surface area contributed by atoms with Crippen molar-refractivity contribution in [3.63, 3.8) is 0 Å². The molecule has 0 spiro atoms. The van der Waals surface area contributed by atoms with Gasteiger partial charge >= 0.3 is 0 Å². The van der Waals surface area contributed by atoms with Crippen LogP contribution < -0.4 is 11.1 Å². The zero-order chi connectivity index (χ0) is 13.0. The number of amides is 1. The van der Waals surface area contributed by atoms with Gasteiger partial charge in [-0.05, 0) is 50.4 Å². The summed E-state index contributed by atoms with van der Waals surface area (Å²) in [6.45, 7) is 2.23. The molecule has 19 heavy (non-hydrogen) atoms. The van der Waals surface area contributed by atoms with Crippen molar-refractivity contribution in [3.05, 3.63) is 0 Å². The molecule has 4 heteroatoms. The van der Waals surface area contributed by atoms with Crippen LogP contribution in [0.15, 0.2) is 0 Å². The SMILES string of the molecule is NC1C2CCC(C2)C1C(=O)NC1CCN(C2CC2)C1. The number of carbonyl (C=O) groups excluding carboxylic acids is 1. The van der Waals surface area contributed by atoms with Gasteiger partial charge in [-0.2, -0.15) is 0 Å². The minimum absolute atomic E-state index is 0.105. The zero-order valence-electron chi connectivity index (χ0n) is 11.6. The summed E-state index contributed by atoms with van der Waals surface area (Å²) in [4.78, 5) is 15.0. The molecular formula is C15H25N3O. The summed E-state index contributed by atoms with van der Waals surface area (Å²) in [6.07, 6.45) is 7.50. The quantitative estimate of drug-likeness (QED) is 0.788. The molecule has 4 aliphatic rings. The summed E-state index contributed by atoms with van der Waals surface area (Å²) in [5.41, 5.74) is 6.25. The van der Waals surface area contributed by atoms with Crippen molar-refractivity contribution in [2.45, 2.75) is 56.7 Å². The number of nitrogens with one attached hydrogen (secondary N) is 1. The van der Waals surface area contributed by atoms with Crippen LogP contribution in [0.2, 0.25) is 0 Å². The van der Waals surface area contributed by atoms with Gasteiger partial charge in [-0.15, -0.1) is 0 Å². The lowest BCUT2D eigenvalue weighted by Gasteiger charge is -2.28. The number of rotatable bonds is 3. The molecular weight excluding hydrogens is 238 g/mol. The van der Waals surface area contributed by atoms with Gasteiger partial charge in [-0.3, -0.25) is 9.69 Å². The first-order valence-electron chi connectivity index (χ1n) is 8.02. The lowest BCUT2D eigenvalue weighted by molar-refractivity contribution is -0.127. The lowest BCUT2D eigenvalue weighted by atomic mass is 9.84. The van der Waals surface area contributed by atoms with Crippen LogP contribution in [0.3, 0.4) is 0 Å². The third-order valence-electron chi connectivity index (χ3n) is 5.91. The van der Waals surface area contributed by atoms with Crippen molar-refractivity contribution in [2.75, 3.05) is 13.1 Å². The summed E-state index contributed by atoms with van der Waals surface area (Å²) < 4.78 is 0. The predicted octanol–water partition coefficient (Wildman–Crippen LogP) is 0.713. The molecule has 4 fully saturated rings. The van der Waals surface area contributed by atoms with Gasteiger partial charge in [-0.25, -0.2) is 0 Å². The molecule has 1 saturated heterocycles. The largest absolute Gasteiger partial charge is 0.352 e. The Morgan fingerprint density at radius 2 is 1.89 bits per heavy atom. The van der Waals surface area contributed by atoms with Crippen molar-refractivity contribution in [2.24, 2.45) is 23.5 Å². The van der Waals surface area contributed by atoms with Gasteiger partial charge < -0.3 is 11.1 Å². The van der Waals surface area contributed by atoms with E-state index in [1.165, 1.54) is 38.6 Å². The average molecular weight is 263 g/mol. The summed E-state index contributed by atoms with van der Waals surface area (Å²) in [5.74, 6) is 1.55. The molecule has 3 aliphatic carbocycles. The Balaban J connectivity index is 1.34. The van der Waals surface area contributed by atoms with Gasteiger partial charge in [-0.1, -0.05) is 0 Å². The van der Waals surface area contributed by atoms with Crippen molar-refractivity contribution in [3.8, 4) is 0 Å². The molecule has 0 aromatic heterocycles. The molecule has 106 valence electrons. The second-order valence-electron chi connectivity index (χ2n) is 7.16. The minimum Gasteiger partial charge on any atom is -0.352 e. The van der Waals surface area contributed by atoms with E-state index >= 15 is 0 Å². The molecule has 3 saturated carbocycles. The highest BCUT2D eigenvalue weighted by Crippen LogP contribution is 2.47. The topological polar surface area (TPSA) is 58.4 Å². The van der Waals surface area contributed by atoms with Crippen LogP contribution >= 0.6 is 0 Å². The molecule has 2 bridgehead atoms. The first kappa shape index (κ1) is 12.2. The van der Waals surface area contributed by atoms with E-state index in [-0.39, 0.29) is 17.9 Å². The van der Waals surface area contributed by atoms with Crippen LogP contribution in [0.1, 0.15) is 38.5 Å². The summed E-state index contributed by atoms with van der Waals surface area (Å²) in [6, 6.07) is 1.32. The Morgan fingerprint density at radius 3 is 2.58 bits per heavy atom. The highest BCUT2D eigenvalue weighted by atomic mass is 16.2. The Kier molecular flexibility index (Phi) is 2.85. The summed E-state index contributed by atoms with van der Waals surface area (Å²) in [5, 5.41) is 3.29. The lowest BCUT2D eigenvalue weighted by Crippen LogP contribution is -2.48. The first-order chi connectivity index (χ1) is 9.22. The van der Waals surface area contributed by atoms with E-state index in [1.54, 1.807) is 0 Å². The van der Waals surface area contributed by atoms with Crippen LogP contribution in [0.4, 0.5) is 0 Å². The zero-order valence-corrected chi connectivity index (χ0v) is 11.6. The maximum Gasteiger partial charge on any atom is 0.225 e. The third-order valence-corrected chi connectivity index (χ3v) is 5.91. The number of likely N-dealkylation sites (tertiary alicyclic amines) is 1. The van der Waals surface area contributed by atoms with Crippen LogP contribution in [0.25, 0.3) is 0 Å². The van der Waals surface area contributed by atoms with E-state index in [2.05, 4.69) is 10.2 Å². The van der Waals surface area contributed by atoms with Crippen molar-refractivity contribution < 1.29 is 4.79 Å². The Labute approximate surface area is 115 Å². The van der Waals surface area contributed by atoms with E-state index in [4.69, 9.17) is 5.73 Å². The maximum absolute atomic E-state index is 12.5. The molecule has 5 unspecified atom stereocenters. The van der Waals surface area contributed by atoms with E-state index in [1.807, 2.05) is 0 Å². The smallest absolute Gasteiger partial charge is 0.225 e. The van der Waals surface area contributed by atoms with Gasteiger partial charge in [0.05, 0.1) is 5.92 Å². The molecule has 4 nitrogen and oxygen atoms in total. The van der Waals surface area contributed by atoms with Gasteiger partial charge in [0.2, 0.25) is 5.91 Å². The van der Waals surface area contributed by atoms with Gasteiger partial charge in [0, 0.05) is 31.2 Å². The van der Waals surface area contributed by atoms with Crippen LogP contribution in [-0.2, 0) is 4.79 Å². The fourth-order valence-electron chi connectivity index (χ4n) is 4.70. The molecule has 0 aromatic rings. The van der Waals surface area contributed by atoms with E-state index in [0.717, 1.165) is 19.0 Å². The standard InChI is InChI=1S/C15H25N3O/c16-14-10-2-1-9(7-10)13(14)15(19)17-11-5-6-18(8-11)12-3-4-12/h9-14H,1-8,16H2,(H,17,19). The Hall–Kier alpha value is -0.610. The minimum atomic E-state index is 0.105. The maximum atomic E-state index is 12.5. The highest BCUT2D eigenvalue weighted by Gasteiger charge is 2.49. The first-order valence-corrected chi connectivity index (χ1v) is 8.02. The molecule has 1 amide bonds. The number of carbonyl (C=O) groups is 1. The van der Waals surface area contributed by atoms with Crippen molar-refractivity contribution in [1.82, 2.24) is 10.2 Å². The second-order valence-corrected chi connectivity index (χ2v) is 7.16. The molecule has 5 atom stereocenters. The summed E-state index contributed by atoms with van der Waals surface area (Å²) in [7, 11) is 0. The van der Waals surface area contributed by atoms with E-state index < -0.39 is 0 Å². The fourth-order valence-corrected chi connectivity index (χ4v) is 4.70. The van der Waals surface area contributed by atoms with Gasteiger partial charge in [0.15, 0.2) is 0 Å². The number of nitrogens with zero attached hydrogens (tertiary/aromatic N) is 1. The second kappa shape index (κ2) is 4.45. The van der Waals surface area contributed by atoms with E-state index in [0.29, 0.717) is 17.9 Å². The predicted molar refractivity (Wildman–Crippen MR) is 73.4 cm³/mol. The van der Waals surface area contributed by atoms with Gasteiger partial charge in [0.1, 0.15) is 0 Å². The molecule has 3 N–H and O–H groups in total. The fraction of sp³-hybridized carbons (Fsp3) is 0.933. The van der Waals surface area contributed by atoms with E-state index in [9.17, 15) is 4.79 Å². The number of hydrogen-bond acceptors (Lipinski definition) is 3. The normalized spacial score (nSPS) is 45.8. The Morgan fingerprint density at radius 1 is 1.11 bits per heavy atom. The van der Waals surface area contributed by atoms with Crippen molar-refractivity contribution >= 4 is 5.91 Å². The molecule has 0 aromatic carbocycles.